The maximum absolute atomic E-state index is 10.8. The van der Waals surface area contributed by atoms with Gasteiger partial charge in [0.2, 0.25) is 5.13 Å². The summed E-state index contributed by atoms with van der Waals surface area (Å²) in [5, 5.41) is 25.9. The van der Waals surface area contributed by atoms with Gasteiger partial charge in [-0.1, -0.05) is 11.3 Å². The molecule has 2 rings (SSSR count). The lowest BCUT2D eigenvalue weighted by Gasteiger charge is -2.06. The molecule has 2 heterocycles. The van der Waals surface area contributed by atoms with Gasteiger partial charge in [0, 0.05) is 46.1 Å². The summed E-state index contributed by atoms with van der Waals surface area (Å²) in [6, 6.07) is 0. The molecule has 0 unspecified atom stereocenters. The summed E-state index contributed by atoms with van der Waals surface area (Å²) in [5.41, 5.74) is 5.53. The SMILES string of the molecule is Nc1nnc(CSCCNC(C[N+](=O)[O-])=NCCSCc2nccs2)s1. The highest BCUT2D eigenvalue weighted by Crippen LogP contribution is 2.17. The quantitative estimate of drug-likeness (QED) is 0.169. The second kappa shape index (κ2) is 12.0. The summed E-state index contributed by atoms with van der Waals surface area (Å²) in [7, 11) is 0. The lowest BCUT2D eigenvalue weighted by Crippen LogP contribution is -2.32. The number of nitro groups is 1. The zero-order chi connectivity index (χ0) is 18.6. The van der Waals surface area contributed by atoms with Crippen LogP contribution < -0.4 is 11.1 Å². The van der Waals surface area contributed by atoms with Crippen LogP contribution >= 0.6 is 46.2 Å². The van der Waals surface area contributed by atoms with E-state index in [-0.39, 0.29) is 11.5 Å². The molecule has 0 aromatic carbocycles. The van der Waals surface area contributed by atoms with Gasteiger partial charge >= 0.3 is 0 Å². The number of amidine groups is 1. The fourth-order valence-corrected chi connectivity index (χ4v) is 4.81. The number of anilines is 1. The lowest BCUT2D eigenvalue weighted by atomic mass is 10.5. The van der Waals surface area contributed by atoms with E-state index >= 15 is 0 Å². The molecular formula is C13H19N7O2S4. The number of nitrogens with two attached hydrogens (primary N) is 1. The van der Waals surface area contributed by atoms with Gasteiger partial charge in [-0.15, -0.1) is 21.5 Å². The van der Waals surface area contributed by atoms with Crippen molar-refractivity contribution in [2.75, 3.05) is 36.9 Å². The Morgan fingerprint density at radius 1 is 1.31 bits per heavy atom. The van der Waals surface area contributed by atoms with Crippen LogP contribution in [0.25, 0.3) is 0 Å². The highest BCUT2D eigenvalue weighted by Gasteiger charge is 2.07. The van der Waals surface area contributed by atoms with Crippen LogP contribution in [-0.2, 0) is 11.5 Å². The third kappa shape index (κ3) is 8.78. The molecule has 9 nitrogen and oxygen atoms in total. The summed E-state index contributed by atoms with van der Waals surface area (Å²) in [4.78, 5) is 18.9. The van der Waals surface area contributed by atoms with Gasteiger partial charge in [-0.05, 0) is 0 Å². The molecule has 0 saturated heterocycles. The predicted octanol–water partition coefficient (Wildman–Crippen LogP) is 2.01. The molecule has 0 fully saturated rings. The molecule has 26 heavy (non-hydrogen) atoms. The van der Waals surface area contributed by atoms with Crippen LogP contribution in [-0.4, -0.2) is 57.1 Å². The molecule has 2 aromatic rings. The Bertz CT molecular complexity index is 692. The summed E-state index contributed by atoms with van der Waals surface area (Å²) < 4.78 is 0. The number of thioether (sulfide) groups is 2. The van der Waals surface area contributed by atoms with Gasteiger partial charge in [-0.2, -0.15) is 23.5 Å². The summed E-state index contributed by atoms with van der Waals surface area (Å²) in [5.74, 6) is 3.58. The van der Waals surface area contributed by atoms with Crippen LogP contribution in [0.1, 0.15) is 10.0 Å². The van der Waals surface area contributed by atoms with Gasteiger partial charge in [0.15, 0.2) is 5.84 Å². The second-order valence-corrected chi connectivity index (χ2v) is 9.09. The summed E-state index contributed by atoms with van der Waals surface area (Å²) in [6.07, 6.45) is 1.79. The normalized spacial score (nSPS) is 11.6. The Kier molecular flexibility index (Phi) is 9.66. The van der Waals surface area contributed by atoms with E-state index < -0.39 is 0 Å². The van der Waals surface area contributed by atoms with Crippen molar-refractivity contribution in [2.45, 2.75) is 11.5 Å². The number of thiazole rings is 1. The minimum atomic E-state index is -0.369. The van der Waals surface area contributed by atoms with E-state index in [1.807, 2.05) is 5.38 Å². The van der Waals surface area contributed by atoms with Crippen molar-refractivity contribution >= 4 is 57.2 Å². The largest absolute Gasteiger partial charge is 0.374 e. The monoisotopic (exact) mass is 433 g/mol. The Balaban J connectivity index is 1.62. The van der Waals surface area contributed by atoms with Crippen molar-refractivity contribution in [3.63, 3.8) is 0 Å². The van der Waals surface area contributed by atoms with Crippen molar-refractivity contribution in [1.29, 1.82) is 0 Å². The third-order valence-corrected chi connectivity index (χ3v) is 6.63. The number of hydrogen-bond acceptors (Lipinski definition) is 11. The van der Waals surface area contributed by atoms with E-state index in [2.05, 4.69) is 25.5 Å². The molecule has 0 aliphatic rings. The zero-order valence-corrected chi connectivity index (χ0v) is 17.1. The number of nitrogens with zero attached hydrogens (tertiary/aromatic N) is 5. The molecule has 0 aliphatic heterocycles. The molecule has 0 amide bonds. The number of aromatic nitrogens is 3. The van der Waals surface area contributed by atoms with E-state index in [1.54, 1.807) is 41.1 Å². The first-order chi connectivity index (χ1) is 12.6. The highest BCUT2D eigenvalue weighted by atomic mass is 32.2. The van der Waals surface area contributed by atoms with Gasteiger partial charge in [-0.25, -0.2) is 4.98 Å². The minimum absolute atomic E-state index is 0.283. The predicted molar refractivity (Wildman–Crippen MR) is 111 cm³/mol. The van der Waals surface area contributed by atoms with E-state index in [1.165, 1.54) is 11.3 Å². The molecule has 0 atom stereocenters. The van der Waals surface area contributed by atoms with Crippen molar-refractivity contribution in [3.05, 3.63) is 31.7 Å². The van der Waals surface area contributed by atoms with Gasteiger partial charge in [0.05, 0.1) is 6.54 Å². The van der Waals surface area contributed by atoms with Gasteiger partial charge in [-0.3, -0.25) is 15.1 Å². The third-order valence-electron chi connectivity index (χ3n) is 2.81. The van der Waals surface area contributed by atoms with Crippen LogP contribution in [0.4, 0.5) is 5.13 Å². The van der Waals surface area contributed by atoms with Crippen molar-refractivity contribution in [2.24, 2.45) is 4.99 Å². The van der Waals surface area contributed by atoms with E-state index in [0.29, 0.717) is 24.1 Å². The maximum Gasteiger partial charge on any atom is 0.259 e. The number of nitrogen functional groups attached to an aromatic ring is 1. The number of aliphatic imine (C=N–C) groups is 1. The number of rotatable bonds is 12. The molecule has 0 aliphatic carbocycles. The first-order valence-corrected chi connectivity index (χ1v) is 11.6. The molecular weight excluding hydrogens is 414 g/mol. The Hall–Kier alpha value is -1.44. The minimum Gasteiger partial charge on any atom is -0.374 e. The molecule has 3 N–H and O–H groups in total. The Morgan fingerprint density at radius 2 is 2.12 bits per heavy atom. The molecule has 0 saturated carbocycles. The molecule has 13 heteroatoms. The zero-order valence-electron chi connectivity index (χ0n) is 13.9. The van der Waals surface area contributed by atoms with Gasteiger partial charge < -0.3 is 11.1 Å². The highest BCUT2D eigenvalue weighted by molar-refractivity contribution is 7.98. The fraction of sp³-hybridized carbons (Fsp3) is 0.538. The van der Waals surface area contributed by atoms with E-state index in [4.69, 9.17) is 5.73 Å². The Morgan fingerprint density at radius 3 is 2.81 bits per heavy atom. The van der Waals surface area contributed by atoms with Crippen LogP contribution in [0.3, 0.4) is 0 Å². The second-order valence-electron chi connectivity index (χ2n) is 4.81. The fourth-order valence-electron chi connectivity index (χ4n) is 1.76. The molecule has 0 spiro atoms. The van der Waals surface area contributed by atoms with E-state index in [0.717, 1.165) is 33.0 Å². The average molecular weight is 434 g/mol. The summed E-state index contributed by atoms with van der Waals surface area (Å²) in [6.45, 7) is 0.871. The smallest absolute Gasteiger partial charge is 0.259 e. The van der Waals surface area contributed by atoms with Gasteiger partial charge in [0.1, 0.15) is 10.0 Å². The van der Waals surface area contributed by atoms with E-state index in [9.17, 15) is 10.1 Å². The van der Waals surface area contributed by atoms with Crippen molar-refractivity contribution < 1.29 is 4.92 Å². The maximum atomic E-state index is 10.8. The molecule has 0 radical (unpaired) electrons. The number of hydrogen-bond donors (Lipinski definition) is 2. The summed E-state index contributed by atoms with van der Waals surface area (Å²) >= 11 is 6.38. The van der Waals surface area contributed by atoms with Crippen molar-refractivity contribution in [3.8, 4) is 0 Å². The van der Waals surface area contributed by atoms with Crippen LogP contribution in [0.5, 0.6) is 0 Å². The Labute approximate surface area is 167 Å². The number of nitrogens with one attached hydrogen (secondary N) is 1. The van der Waals surface area contributed by atoms with Crippen LogP contribution in [0, 0.1) is 10.1 Å². The molecule has 142 valence electrons. The first-order valence-electron chi connectivity index (χ1n) is 7.64. The van der Waals surface area contributed by atoms with Crippen molar-refractivity contribution in [1.82, 2.24) is 20.5 Å². The molecule has 0 bridgehead atoms. The van der Waals surface area contributed by atoms with Crippen LogP contribution in [0.2, 0.25) is 0 Å². The van der Waals surface area contributed by atoms with Crippen LogP contribution in [0.15, 0.2) is 16.6 Å². The average Bonchev–Trinajstić information content (AvgIpc) is 3.25. The van der Waals surface area contributed by atoms with Gasteiger partial charge in [0.25, 0.3) is 6.54 Å². The first kappa shape index (κ1) is 20.9. The topological polar surface area (TPSA) is 132 Å². The molecule has 2 aromatic heterocycles. The lowest BCUT2D eigenvalue weighted by molar-refractivity contribution is -0.463. The standard InChI is InChI=1S/C13H19N7O2S4/c14-13-19-18-12(26-13)9-24-5-2-16-10(7-20(21)22)15-1-4-23-8-11-17-3-6-25-11/h3,6H,1-2,4-5,7-9H2,(H2,14,19)(H,15,16).